The van der Waals surface area contributed by atoms with Gasteiger partial charge in [-0.2, -0.15) is 23.0 Å². The molecular weight excluding hydrogens is 531 g/mol. The number of hydrogen-bond donors (Lipinski definition) is 1. The zero-order valence-electron chi connectivity index (χ0n) is 18.3. The zero-order valence-corrected chi connectivity index (χ0v) is 19.9. The summed E-state index contributed by atoms with van der Waals surface area (Å²) in [4.78, 5) is 21.5. The lowest BCUT2D eigenvalue weighted by molar-refractivity contribution is -0.137. The SMILES string of the molecule is O=c1c(/C=N\Nc2ncc(C(F)(F)F)cc2Cl)c(Sc2nnnn2-c2ccccc2)nc2ccccn12. The first-order valence-electron chi connectivity index (χ1n) is 10.4. The van der Waals surface area contributed by atoms with Gasteiger partial charge in [0.05, 0.1) is 28.1 Å². The average Bonchev–Trinajstić information content (AvgIpc) is 3.35. The first-order chi connectivity index (χ1) is 17.8. The van der Waals surface area contributed by atoms with Crippen molar-refractivity contribution in [2.24, 2.45) is 5.10 Å². The van der Waals surface area contributed by atoms with Gasteiger partial charge in [-0.15, -0.1) is 5.10 Å². The molecule has 0 fully saturated rings. The van der Waals surface area contributed by atoms with Crippen LogP contribution in [0.2, 0.25) is 5.02 Å². The van der Waals surface area contributed by atoms with Crippen LogP contribution in [0.25, 0.3) is 11.3 Å². The van der Waals surface area contributed by atoms with Crippen molar-refractivity contribution in [1.29, 1.82) is 0 Å². The number of rotatable bonds is 6. The molecule has 0 aliphatic rings. The molecule has 0 saturated carbocycles. The second-order valence-electron chi connectivity index (χ2n) is 7.30. The molecule has 0 radical (unpaired) electrons. The highest BCUT2D eigenvalue weighted by atomic mass is 35.5. The lowest BCUT2D eigenvalue weighted by Crippen LogP contribution is -2.21. The maximum Gasteiger partial charge on any atom is 0.417 e. The first-order valence-corrected chi connectivity index (χ1v) is 11.6. The van der Waals surface area contributed by atoms with Gasteiger partial charge in [0.2, 0.25) is 5.16 Å². The third-order valence-electron chi connectivity index (χ3n) is 4.90. The minimum absolute atomic E-state index is 0.0758. The molecule has 0 atom stereocenters. The molecule has 1 N–H and O–H groups in total. The molecule has 0 aliphatic carbocycles. The van der Waals surface area contributed by atoms with Gasteiger partial charge in [0.15, 0.2) is 5.82 Å². The highest BCUT2D eigenvalue weighted by molar-refractivity contribution is 7.99. The van der Waals surface area contributed by atoms with Gasteiger partial charge in [0, 0.05) is 12.4 Å². The van der Waals surface area contributed by atoms with Crippen molar-refractivity contribution in [2.75, 3.05) is 5.43 Å². The quantitative estimate of drug-likeness (QED) is 0.191. The van der Waals surface area contributed by atoms with E-state index in [2.05, 4.69) is 36.0 Å². The first kappa shape index (κ1) is 24.4. The molecule has 0 spiro atoms. The minimum Gasteiger partial charge on any atom is -0.268 e. The molecule has 37 heavy (non-hydrogen) atoms. The number of aromatic nitrogens is 7. The van der Waals surface area contributed by atoms with Crippen molar-refractivity contribution in [3.63, 3.8) is 0 Å². The molecule has 0 saturated heterocycles. The zero-order chi connectivity index (χ0) is 26.0. The molecule has 186 valence electrons. The summed E-state index contributed by atoms with van der Waals surface area (Å²) in [6.07, 6.45) is -1.23. The Kier molecular flexibility index (Phi) is 6.58. The van der Waals surface area contributed by atoms with Gasteiger partial charge < -0.3 is 0 Å². The second-order valence-corrected chi connectivity index (χ2v) is 8.66. The molecule has 15 heteroatoms. The Morgan fingerprint density at radius 3 is 2.65 bits per heavy atom. The number of para-hydroxylation sites is 1. The molecule has 0 bridgehead atoms. The lowest BCUT2D eigenvalue weighted by Gasteiger charge is -2.09. The van der Waals surface area contributed by atoms with Crippen molar-refractivity contribution in [2.45, 2.75) is 16.4 Å². The van der Waals surface area contributed by atoms with Gasteiger partial charge >= 0.3 is 6.18 Å². The predicted octanol–water partition coefficient (Wildman–Crippen LogP) is 4.33. The number of alkyl halides is 3. The summed E-state index contributed by atoms with van der Waals surface area (Å²) in [6.45, 7) is 0. The van der Waals surface area contributed by atoms with E-state index in [9.17, 15) is 18.0 Å². The Hall–Kier alpha value is -4.30. The standard InChI is InChI=1S/C22H13ClF3N9OS/c23-16-10-13(22(24,25)26)11-27-18(16)30-28-12-15-19(29-17-8-4-5-9-34(17)20(15)36)37-21-31-32-33-35(21)14-6-2-1-3-7-14/h1-12H,(H,27,30)/b28-12-. The van der Waals surface area contributed by atoms with E-state index < -0.39 is 17.3 Å². The van der Waals surface area contributed by atoms with Crippen LogP contribution in [-0.4, -0.2) is 40.8 Å². The highest BCUT2D eigenvalue weighted by Gasteiger charge is 2.31. The molecule has 5 rings (SSSR count). The fourth-order valence-electron chi connectivity index (χ4n) is 3.16. The van der Waals surface area contributed by atoms with E-state index in [4.69, 9.17) is 11.6 Å². The van der Waals surface area contributed by atoms with E-state index in [1.165, 1.54) is 15.3 Å². The Morgan fingerprint density at radius 1 is 1.11 bits per heavy atom. The number of nitrogens with one attached hydrogen (secondary N) is 1. The Bertz CT molecular complexity index is 1670. The van der Waals surface area contributed by atoms with Crippen molar-refractivity contribution in [1.82, 2.24) is 34.6 Å². The van der Waals surface area contributed by atoms with Crippen LogP contribution in [0.5, 0.6) is 0 Å². The van der Waals surface area contributed by atoms with Crippen LogP contribution < -0.4 is 11.0 Å². The number of hydrogen-bond acceptors (Lipinski definition) is 9. The number of anilines is 1. The molecule has 4 heterocycles. The Morgan fingerprint density at radius 2 is 1.89 bits per heavy atom. The average molecular weight is 544 g/mol. The molecule has 0 aliphatic heterocycles. The van der Waals surface area contributed by atoms with Crippen LogP contribution in [0, 0.1) is 0 Å². The molecule has 0 amide bonds. The van der Waals surface area contributed by atoms with Gasteiger partial charge in [0.25, 0.3) is 5.56 Å². The largest absolute Gasteiger partial charge is 0.417 e. The topological polar surface area (TPSA) is 115 Å². The fraction of sp³-hybridized carbons (Fsp3) is 0.0455. The third kappa shape index (κ3) is 5.15. The third-order valence-corrected chi connectivity index (χ3v) is 6.13. The van der Waals surface area contributed by atoms with E-state index in [0.717, 1.165) is 17.8 Å². The lowest BCUT2D eigenvalue weighted by atomic mass is 10.3. The van der Waals surface area contributed by atoms with Crippen molar-refractivity contribution in [3.8, 4) is 5.69 Å². The summed E-state index contributed by atoms with van der Waals surface area (Å²) in [6, 6.07) is 14.9. The number of benzene rings is 1. The minimum atomic E-state index is -4.59. The number of halogens is 4. The summed E-state index contributed by atoms with van der Waals surface area (Å²) >= 11 is 6.96. The summed E-state index contributed by atoms with van der Waals surface area (Å²) in [7, 11) is 0. The van der Waals surface area contributed by atoms with Crippen LogP contribution in [0.15, 0.2) is 87.1 Å². The van der Waals surface area contributed by atoms with Gasteiger partial charge in [-0.25, -0.2) is 9.97 Å². The summed E-state index contributed by atoms with van der Waals surface area (Å²) in [5.41, 5.74) is 2.18. The molecule has 4 aromatic heterocycles. The van der Waals surface area contributed by atoms with Crippen molar-refractivity contribution >= 4 is 41.0 Å². The number of nitrogens with zero attached hydrogens (tertiary/aromatic N) is 8. The molecule has 10 nitrogen and oxygen atoms in total. The summed E-state index contributed by atoms with van der Waals surface area (Å²) in [5.74, 6) is -0.123. The molecule has 5 aromatic rings. The second kappa shape index (κ2) is 9.99. The van der Waals surface area contributed by atoms with Crippen LogP contribution in [0.4, 0.5) is 19.0 Å². The van der Waals surface area contributed by atoms with Crippen LogP contribution in [0.3, 0.4) is 0 Å². The predicted molar refractivity (Wildman–Crippen MR) is 130 cm³/mol. The fourth-order valence-corrected chi connectivity index (χ4v) is 4.24. The number of fused-ring (bicyclic) bond motifs is 1. The maximum absolute atomic E-state index is 13.3. The van der Waals surface area contributed by atoms with Gasteiger partial charge in [-0.1, -0.05) is 35.9 Å². The van der Waals surface area contributed by atoms with Crippen molar-refractivity contribution in [3.05, 3.63) is 93.5 Å². The summed E-state index contributed by atoms with van der Waals surface area (Å²) < 4.78 is 41.4. The van der Waals surface area contributed by atoms with E-state index in [1.54, 1.807) is 24.4 Å². The number of hydrazone groups is 1. The van der Waals surface area contributed by atoms with E-state index in [0.29, 0.717) is 22.7 Å². The number of tetrazole rings is 1. The summed E-state index contributed by atoms with van der Waals surface area (Å²) in [5, 5.41) is 16.0. The van der Waals surface area contributed by atoms with E-state index in [-0.39, 0.29) is 21.4 Å². The van der Waals surface area contributed by atoms with Crippen LogP contribution in [-0.2, 0) is 6.18 Å². The molecule has 0 unspecified atom stereocenters. The Balaban J connectivity index is 1.51. The highest BCUT2D eigenvalue weighted by Crippen LogP contribution is 2.32. The molecule has 1 aromatic carbocycles. The monoisotopic (exact) mass is 543 g/mol. The normalized spacial score (nSPS) is 11.9. The van der Waals surface area contributed by atoms with Crippen LogP contribution >= 0.6 is 23.4 Å². The smallest absolute Gasteiger partial charge is 0.268 e. The van der Waals surface area contributed by atoms with Gasteiger partial charge in [-0.05, 0) is 52.5 Å². The van der Waals surface area contributed by atoms with E-state index >= 15 is 0 Å². The van der Waals surface area contributed by atoms with Gasteiger partial charge in [0.1, 0.15) is 10.7 Å². The maximum atomic E-state index is 13.3. The van der Waals surface area contributed by atoms with Crippen LogP contribution in [0.1, 0.15) is 11.1 Å². The molecular formula is C22H13ClF3N9OS. The van der Waals surface area contributed by atoms with E-state index in [1.807, 2.05) is 30.3 Å². The number of pyridine rings is 2. The van der Waals surface area contributed by atoms with Gasteiger partial charge in [-0.3, -0.25) is 14.6 Å². The Labute approximate surface area is 214 Å². The van der Waals surface area contributed by atoms with Crippen molar-refractivity contribution < 1.29 is 13.2 Å².